The summed E-state index contributed by atoms with van der Waals surface area (Å²) >= 11 is 0. The molecule has 6 heteroatoms. The molecule has 3 N–H and O–H groups in total. The van der Waals surface area contributed by atoms with Crippen LogP contribution in [0, 0.1) is 5.92 Å². The quantitative estimate of drug-likeness (QED) is 0.883. The van der Waals surface area contributed by atoms with Crippen molar-refractivity contribution in [3.63, 3.8) is 0 Å². The van der Waals surface area contributed by atoms with Crippen LogP contribution in [0.4, 0.5) is 10.5 Å². The summed E-state index contributed by atoms with van der Waals surface area (Å²) in [7, 11) is 0. The summed E-state index contributed by atoms with van der Waals surface area (Å²) in [5.74, 6) is 0.346. The molecular formula is C18H29N3O3. The lowest BCUT2D eigenvalue weighted by molar-refractivity contribution is -0.0833. The number of hydrogen-bond donors (Lipinski definition) is 2. The van der Waals surface area contributed by atoms with Crippen molar-refractivity contribution in [1.29, 1.82) is 0 Å². The standard InChI is InChI=1S/C18H29N3O3/c1-11(2)15-8-12(21-17(22)24-18(3,4)5)9-16(23-15)13-6-7-20-10-14(13)19/h6-7,10-12,15-16H,8-9,19H2,1-5H3,(H,21,22)/t12-,15-,16+/m0/s1. The monoisotopic (exact) mass is 335 g/mol. The van der Waals surface area contributed by atoms with Gasteiger partial charge in [0.2, 0.25) is 0 Å². The van der Waals surface area contributed by atoms with Crippen LogP contribution in [0.1, 0.15) is 59.1 Å². The molecule has 24 heavy (non-hydrogen) atoms. The van der Waals surface area contributed by atoms with E-state index < -0.39 is 11.7 Å². The number of hydrogen-bond acceptors (Lipinski definition) is 5. The number of rotatable bonds is 3. The molecule has 0 aliphatic carbocycles. The van der Waals surface area contributed by atoms with Gasteiger partial charge >= 0.3 is 6.09 Å². The van der Waals surface area contributed by atoms with Crippen LogP contribution >= 0.6 is 0 Å². The van der Waals surface area contributed by atoms with Gasteiger partial charge in [0.25, 0.3) is 0 Å². The van der Waals surface area contributed by atoms with Gasteiger partial charge in [0.15, 0.2) is 0 Å². The van der Waals surface area contributed by atoms with Crippen molar-refractivity contribution in [2.75, 3.05) is 5.73 Å². The molecule has 2 rings (SSSR count). The van der Waals surface area contributed by atoms with Crippen molar-refractivity contribution in [2.24, 2.45) is 5.92 Å². The number of ether oxygens (including phenoxy) is 2. The van der Waals surface area contributed by atoms with E-state index in [2.05, 4.69) is 24.1 Å². The molecular weight excluding hydrogens is 306 g/mol. The van der Waals surface area contributed by atoms with Gasteiger partial charge in [-0.1, -0.05) is 13.8 Å². The zero-order chi connectivity index (χ0) is 17.9. The minimum atomic E-state index is -0.512. The fourth-order valence-corrected chi connectivity index (χ4v) is 2.89. The molecule has 0 spiro atoms. The van der Waals surface area contributed by atoms with E-state index in [9.17, 15) is 4.79 Å². The largest absolute Gasteiger partial charge is 0.444 e. The number of nitrogens with zero attached hydrogens (tertiary/aromatic N) is 1. The lowest BCUT2D eigenvalue weighted by Gasteiger charge is -2.38. The number of nitrogens with one attached hydrogen (secondary N) is 1. The van der Waals surface area contributed by atoms with Crippen molar-refractivity contribution in [3.8, 4) is 0 Å². The summed E-state index contributed by atoms with van der Waals surface area (Å²) in [6, 6.07) is 1.87. The molecule has 1 saturated heterocycles. The van der Waals surface area contributed by atoms with Crippen molar-refractivity contribution < 1.29 is 14.3 Å². The summed E-state index contributed by atoms with van der Waals surface area (Å²) in [6.07, 6.45) is 4.27. The van der Waals surface area contributed by atoms with Gasteiger partial charge in [-0.05, 0) is 45.6 Å². The van der Waals surface area contributed by atoms with Crippen LogP contribution in [-0.4, -0.2) is 28.8 Å². The van der Waals surface area contributed by atoms with E-state index in [1.807, 2.05) is 26.8 Å². The Morgan fingerprint density at radius 3 is 2.71 bits per heavy atom. The molecule has 134 valence electrons. The van der Waals surface area contributed by atoms with Gasteiger partial charge in [0.1, 0.15) is 5.60 Å². The predicted octanol–water partition coefficient (Wildman–Crippen LogP) is 3.43. The molecule has 0 bridgehead atoms. The van der Waals surface area contributed by atoms with Crippen LogP contribution in [0.15, 0.2) is 18.5 Å². The van der Waals surface area contributed by atoms with Gasteiger partial charge in [-0.2, -0.15) is 0 Å². The van der Waals surface area contributed by atoms with E-state index in [-0.39, 0.29) is 18.2 Å². The normalized spacial score (nSPS) is 24.7. The van der Waals surface area contributed by atoms with Gasteiger partial charge in [0.05, 0.1) is 24.1 Å². The van der Waals surface area contributed by atoms with E-state index in [0.717, 1.165) is 12.0 Å². The van der Waals surface area contributed by atoms with Crippen molar-refractivity contribution >= 4 is 11.8 Å². The Bertz CT molecular complexity index is 569. The second kappa shape index (κ2) is 7.38. The first-order valence-electron chi connectivity index (χ1n) is 8.50. The highest BCUT2D eigenvalue weighted by Crippen LogP contribution is 2.36. The number of carbonyl (C=O) groups excluding carboxylic acids is 1. The highest BCUT2D eigenvalue weighted by atomic mass is 16.6. The Morgan fingerprint density at radius 1 is 1.42 bits per heavy atom. The van der Waals surface area contributed by atoms with Crippen molar-refractivity contribution in [2.45, 2.75) is 71.3 Å². The molecule has 0 radical (unpaired) electrons. The molecule has 3 atom stereocenters. The molecule has 1 aromatic heterocycles. The zero-order valence-electron chi connectivity index (χ0n) is 15.2. The first kappa shape index (κ1) is 18.5. The number of alkyl carbamates (subject to hydrolysis) is 1. The SMILES string of the molecule is CC(C)[C@@H]1C[C@H](NC(=O)OC(C)(C)C)C[C@H](c2ccncc2N)O1. The first-order valence-corrected chi connectivity index (χ1v) is 8.50. The summed E-state index contributed by atoms with van der Waals surface area (Å²) in [5.41, 5.74) is 7.07. The number of carbonyl (C=O) groups is 1. The number of nitrogen functional groups attached to an aromatic ring is 1. The third kappa shape index (κ3) is 5.09. The second-order valence-electron chi connectivity index (χ2n) is 7.73. The Hall–Kier alpha value is -1.82. The minimum absolute atomic E-state index is 0.0152. The molecule has 6 nitrogen and oxygen atoms in total. The highest BCUT2D eigenvalue weighted by Gasteiger charge is 2.34. The molecule has 1 aliphatic rings. The molecule has 0 saturated carbocycles. The number of anilines is 1. The number of nitrogens with two attached hydrogens (primary N) is 1. The third-order valence-electron chi connectivity index (χ3n) is 4.05. The molecule has 1 fully saturated rings. The Morgan fingerprint density at radius 2 is 2.12 bits per heavy atom. The average Bonchev–Trinajstić information content (AvgIpc) is 2.45. The molecule has 0 unspecified atom stereocenters. The van der Waals surface area contributed by atoms with Crippen LogP contribution in [0.5, 0.6) is 0 Å². The molecule has 2 heterocycles. The van der Waals surface area contributed by atoms with Crippen LogP contribution in [0.25, 0.3) is 0 Å². The van der Waals surface area contributed by atoms with E-state index in [0.29, 0.717) is 18.0 Å². The summed E-state index contributed by atoms with van der Waals surface area (Å²) in [4.78, 5) is 16.1. The number of amides is 1. The summed E-state index contributed by atoms with van der Waals surface area (Å²) in [5, 5.41) is 2.98. The Kier molecular flexibility index (Phi) is 5.70. The fraction of sp³-hybridized carbons (Fsp3) is 0.667. The smallest absolute Gasteiger partial charge is 0.407 e. The van der Waals surface area contributed by atoms with Crippen LogP contribution in [0.3, 0.4) is 0 Å². The first-order chi connectivity index (χ1) is 11.2. The highest BCUT2D eigenvalue weighted by molar-refractivity contribution is 5.68. The molecule has 1 aliphatic heterocycles. The molecule has 1 amide bonds. The van der Waals surface area contributed by atoms with Crippen LogP contribution in [-0.2, 0) is 9.47 Å². The molecule has 0 aromatic carbocycles. The van der Waals surface area contributed by atoms with Gasteiger partial charge in [-0.3, -0.25) is 4.98 Å². The number of pyridine rings is 1. The van der Waals surface area contributed by atoms with E-state index in [1.165, 1.54) is 0 Å². The maximum absolute atomic E-state index is 12.1. The van der Waals surface area contributed by atoms with Crippen molar-refractivity contribution in [1.82, 2.24) is 10.3 Å². The van der Waals surface area contributed by atoms with E-state index in [1.54, 1.807) is 12.4 Å². The second-order valence-corrected chi connectivity index (χ2v) is 7.73. The third-order valence-corrected chi connectivity index (χ3v) is 4.05. The maximum atomic E-state index is 12.1. The van der Waals surface area contributed by atoms with Gasteiger partial charge in [-0.15, -0.1) is 0 Å². The fourth-order valence-electron chi connectivity index (χ4n) is 2.89. The topological polar surface area (TPSA) is 86.5 Å². The summed E-state index contributed by atoms with van der Waals surface area (Å²) in [6.45, 7) is 9.80. The number of aromatic nitrogens is 1. The summed E-state index contributed by atoms with van der Waals surface area (Å²) < 4.78 is 11.6. The Balaban J connectivity index is 2.11. The lowest BCUT2D eigenvalue weighted by Crippen LogP contribution is -2.46. The Labute approximate surface area is 144 Å². The van der Waals surface area contributed by atoms with Crippen molar-refractivity contribution in [3.05, 3.63) is 24.0 Å². The van der Waals surface area contributed by atoms with Crippen LogP contribution < -0.4 is 11.1 Å². The maximum Gasteiger partial charge on any atom is 0.407 e. The van der Waals surface area contributed by atoms with Gasteiger partial charge in [-0.25, -0.2) is 4.79 Å². The van der Waals surface area contributed by atoms with Gasteiger partial charge < -0.3 is 20.5 Å². The predicted molar refractivity (Wildman–Crippen MR) is 93.5 cm³/mol. The lowest BCUT2D eigenvalue weighted by atomic mass is 9.90. The van der Waals surface area contributed by atoms with Crippen LogP contribution in [0.2, 0.25) is 0 Å². The minimum Gasteiger partial charge on any atom is -0.444 e. The van der Waals surface area contributed by atoms with Gasteiger partial charge in [0, 0.05) is 17.8 Å². The average molecular weight is 335 g/mol. The van der Waals surface area contributed by atoms with E-state index in [4.69, 9.17) is 15.2 Å². The van der Waals surface area contributed by atoms with E-state index >= 15 is 0 Å². The molecule has 1 aromatic rings. The zero-order valence-corrected chi connectivity index (χ0v) is 15.2.